The number of urea groups is 1. The molecule has 9 heteroatoms. The first-order valence-corrected chi connectivity index (χ1v) is 8.95. The van der Waals surface area contributed by atoms with Crippen molar-refractivity contribution in [2.24, 2.45) is 13.0 Å². The third-order valence-electron chi connectivity index (χ3n) is 4.70. The second-order valence-corrected chi connectivity index (χ2v) is 7.01. The molecule has 0 unspecified atom stereocenters. The van der Waals surface area contributed by atoms with Crippen LogP contribution in [-0.2, 0) is 13.5 Å². The van der Waals surface area contributed by atoms with Crippen molar-refractivity contribution >= 4 is 23.4 Å². The van der Waals surface area contributed by atoms with E-state index in [-0.39, 0.29) is 22.5 Å². The number of piperidine rings is 1. The van der Waals surface area contributed by atoms with Crippen LogP contribution in [0.3, 0.4) is 0 Å². The maximum Gasteiger partial charge on any atom is 0.323 e. The lowest BCUT2D eigenvalue weighted by atomic mass is 9.90. The zero-order valence-electron chi connectivity index (χ0n) is 14.7. The average Bonchev–Trinajstić information content (AvgIpc) is 2.63. The van der Waals surface area contributed by atoms with Gasteiger partial charge in [-0.05, 0) is 48.9 Å². The van der Waals surface area contributed by atoms with Crippen LogP contribution in [0.1, 0.15) is 18.4 Å². The zero-order valence-corrected chi connectivity index (χ0v) is 15.5. The number of carbonyl (C=O) groups is 1. The van der Waals surface area contributed by atoms with E-state index in [1.807, 2.05) is 0 Å². The van der Waals surface area contributed by atoms with Gasteiger partial charge in [-0.25, -0.2) is 18.3 Å². The predicted octanol–water partition coefficient (Wildman–Crippen LogP) is 3.20. The van der Waals surface area contributed by atoms with E-state index in [1.165, 1.54) is 19.2 Å². The molecule has 1 aliphatic rings. The van der Waals surface area contributed by atoms with Gasteiger partial charge in [0.2, 0.25) is 0 Å². The number of rotatable bonds is 3. The summed E-state index contributed by atoms with van der Waals surface area (Å²) < 4.78 is 27.7. The Balaban J connectivity index is 1.55. The summed E-state index contributed by atoms with van der Waals surface area (Å²) in [4.78, 5) is 25.3. The number of halogens is 3. The first-order chi connectivity index (χ1) is 12.8. The molecule has 1 aromatic carbocycles. The third kappa shape index (κ3) is 4.63. The van der Waals surface area contributed by atoms with Gasteiger partial charge in [-0.3, -0.25) is 10.1 Å². The van der Waals surface area contributed by atoms with E-state index in [9.17, 15) is 18.4 Å². The van der Waals surface area contributed by atoms with Crippen molar-refractivity contribution in [1.29, 1.82) is 0 Å². The minimum Gasteiger partial charge on any atom is -0.324 e. The predicted molar refractivity (Wildman–Crippen MR) is 97.9 cm³/mol. The highest BCUT2D eigenvalue weighted by Gasteiger charge is 2.24. The van der Waals surface area contributed by atoms with Crippen LogP contribution in [0.4, 0.5) is 19.4 Å². The van der Waals surface area contributed by atoms with Gasteiger partial charge in [0.05, 0.1) is 0 Å². The molecule has 2 amide bonds. The smallest absolute Gasteiger partial charge is 0.323 e. The Bertz CT molecular complexity index is 911. The number of benzene rings is 1. The van der Waals surface area contributed by atoms with Gasteiger partial charge in [0.1, 0.15) is 0 Å². The molecular weight excluding hydrogens is 378 g/mol. The molecule has 1 aromatic heterocycles. The van der Waals surface area contributed by atoms with Crippen LogP contribution in [-0.4, -0.2) is 33.8 Å². The van der Waals surface area contributed by atoms with Crippen molar-refractivity contribution in [1.82, 2.24) is 14.7 Å². The third-order valence-corrected chi connectivity index (χ3v) is 5.05. The van der Waals surface area contributed by atoms with E-state index in [2.05, 4.69) is 10.4 Å². The molecule has 1 N–H and O–H groups in total. The fourth-order valence-corrected chi connectivity index (χ4v) is 3.36. The molecule has 6 nitrogen and oxygen atoms in total. The number of hydrogen-bond donors (Lipinski definition) is 1. The van der Waals surface area contributed by atoms with Crippen molar-refractivity contribution < 1.29 is 13.6 Å². The molecule has 0 aliphatic carbocycles. The SMILES string of the molecule is Cn1nc(NC(=O)N2CCC(Cc3cc(F)c(F)cc3Cl)CC2)ccc1=O. The van der Waals surface area contributed by atoms with Crippen molar-refractivity contribution in [3.05, 3.63) is 56.8 Å². The molecule has 0 radical (unpaired) electrons. The molecule has 0 atom stereocenters. The fourth-order valence-electron chi connectivity index (χ4n) is 3.13. The number of hydrogen-bond acceptors (Lipinski definition) is 3. The number of aryl methyl sites for hydroxylation is 1. The molecule has 1 saturated heterocycles. The molecular formula is C18H19ClF2N4O2. The Morgan fingerprint density at radius 3 is 2.59 bits per heavy atom. The van der Waals surface area contributed by atoms with Crippen LogP contribution in [0.25, 0.3) is 0 Å². The Morgan fingerprint density at radius 1 is 1.26 bits per heavy atom. The lowest BCUT2D eigenvalue weighted by Gasteiger charge is -2.32. The van der Waals surface area contributed by atoms with E-state index in [0.717, 1.165) is 29.7 Å². The summed E-state index contributed by atoms with van der Waals surface area (Å²) >= 11 is 6.00. The number of nitrogens with one attached hydrogen (secondary N) is 1. The highest BCUT2D eigenvalue weighted by atomic mass is 35.5. The van der Waals surface area contributed by atoms with Gasteiger partial charge in [0.25, 0.3) is 5.56 Å². The molecule has 0 bridgehead atoms. The maximum absolute atomic E-state index is 13.4. The molecule has 27 heavy (non-hydrogen) atoms. The summed E-state index contributed by atoms with van der Waals surface area (Å²) in [5.74, 6) is -1.33. The minimum absolute atomic E-state index is 0.217. The fraction of sp³-hybridized carbons (Fsp3) is 0.389. The Kier molecular flexibility index (Phi) is 5.74. The van der Waals surface area contributed by atoms with Gasteiger partial charge < -0.3 is 4.90 Å². The van der Waals surface area contributed by atoms with Crippen molar-refractivity contribution in [2.45, 2.75) is 19.3 Å². The molecule has 3 rings (SSSR count). The maximum atomic E-state index is 13.4. The van der Waals surface area contributed by atoms with E-state index in [1.54, 1.807) is 4.90 Å². The van der Waals surface area contributed by atoms with E-state index in [4.69, 9.17) is 11.6 Å². The lowest BCUT2D eigenvalue weighted by molar-refractivity contribution is 0.182. The normalized spacial score (nSPS) is 15.0. The van der Waals surface area contributed by atoms with Crippen LogP contribution in [0.15, 0.2) is 29.1 Å². The van der Waals surface area contributed by atoms with Crippen LogP contribution < -0.4 is 10.9 Å². The summed E-state index contributed by atoms with van der Waals surface area (Å²) in [6.45, 7) is 1.06. The van der Waals surface area contributed by atoms with E-state index >= 15 is 0 Å². The number of carbonyl (C=O) groups excluding carboxylic acids is 1. The largest absolute Gasteiger partial charge is 0.324 e. The van der Waals surface area contributed by atoms with E-state index in [0.29, 0.717) is 30.9 Å². The van der Waals surface area contributed by atoms with Crippen molar-refractivity contribution in [2.75, 3.05) is 18.4 Å². The highest BCUT2D eigenvalue weighted by molar-refractivity contribution is 6.31. The lowest BCUT2D eigenvalue weighted by Crippen LogP contribution is -2.41. The summed E-state index contributed by atoms with van der Waals surface area (Å²) in [6, 6.07) is 4.64. The molecule has 0 saturated carbocycles. The topological polar surface area (TPSA) is 67.2 Å². The van der Waals surface area contributed by atoms with Gasteiger partial charge in [0.15, 0.2) is 17.5 Å². The molecule has 144 valence electrons. The molecule has 2 heterocycles. The molecule has 1 aliphatic heterocycles. The summed E-state index contributed by atoms with van der Waals surface area (Å²) in [5.41, 5.74) is 0.317. The number of nitrogens with zero attached hydrogens (tertiary/aromatic N) is 3. The first-order valence-electron chi connectivity index (χ1n) is 8.57. The standard InChI is InChI=1S/C18H19ClF2N4O2/c1-24-17(26)3-2-16(23-24)22-18(27)25-6-4-11(5-7-25)8-12-9-14(20)15(21)10-13(12)19/h2-3,9-11H,4-8H2,1H3,(H,22,23,27). The molecule has 0 spiro atoms. The summed E-state index contributed by atoms with van der Waals surface area (Å²) in [5, 5.41) is 6.86. The highest BCUT2D eigenvalue weighted by Crippen LogP contribution is 2.27. The number of likely N-dealkylation sites (tertiary alicyclic amines) is 1. The van der Waals surface area contributed by atoms with Gasteiger partial charge in [-0.1, -0.05) is 11.6 Å². The summed E-state index contributed by atoms with van der Waals surface area (Å²) in [6.07, 6.45) is 1.99. The van der Waals surface area contributed by atoms with Gasteiger partial charge in [-0.15, -0.1) is 0 Å². The number of amides is 2. The average molecular weight is 397 g/mol. The van der Waals surface area contributed by atoms with Crippen LogP contribution in [0.2, 0.25) is 5.02 Å². The molecule has 2 aromatic rings. The van der Waals surface area contributed by atoms with Gasteiger partial charge >= 0.3 is 6.03 Å². The Labute approximate surface area is 159 Å². The van der Waals surface area contributed by atoms with Crippen LogP contribution in [0, 0.1) is 17.6 Å². The van der Waals surface area contributed by atoms with E-state index < -0.39 is 11.6 Å². The minimum atomic E-state index is -0.956. The van der Waals surface area contributed by atoms with Crippen LogP contribution >= 0.6 is 11.6 Å². The van der Waals surface area contributed by atoms with Gasteiger partial charge in [0, 0.05) is 31.2 Å². The van der Waals surface area contributed by atoms with Gasteiger partial charge in [-0.2, -0.15) is 5.10 Å². The second kappa shape index (κ2) is 8.04. The summed E-state index contributed by atoms with van der Waals surface area (Å²) in [7, 11) is 1.51. The second-order valence-electron chi connectivity index (χ2n) is 6.60. The Morgan fingerprint density at radius 2 is 1.93 bits per heavy atom. The Hall–Kier alpha value is -2.48. The number of aromatic nitrogens is 2. The van der Waals surface area contributed by atoms with Crippen molar-refractivity contribution in [3.8, 4) is 0 Å². The zero-order chi connectivity index (χ0) is 19.6. The number of anilines is 1. The first kappa shape index (κ1) is 19.3. The van der Waals surface area contributed by atoms with Crippen molar-refractivity contribution in [3.63, 3.8) is 0 Å². The quantitative estimate of drug-likeness (QED) is 0.810. The monoisotopic (exact) mass is 396 g/mol. The van der Waals surface area contributed by atoms with Crippen LogP contribution in [0.5, 0.6) is 0 Å². The molecule has 1 fully saturated rings.